The highest BCUT2D eigenvalue weighted by molar-refractivity contribution is 6.30. The van der Waals surface area contributed by atoms with Crippen molar-refractivity contribution in [3.63, 3.8) is 0 Å². The summed E-state index contributed by atoms with van der Waals surface area (Å²) in [6, 6.07) is 6.56. The number of rotatable bonds is 2. The van der Waals surface area contributed by atoms with Crippen molar-refractivity contribution in [2.45, 2.75) is 6.42 Å². The third-order valence-electron chi connectivity index (χ3n) is 3.80. The van der Waals surface area contributed by atoms with E-state index < -0.39 is 0 Å². The second-order valence-electron chi connectivity index (χ2n) is 5.49. The smallest absolute Gasteiger partial charge is 0.323 e. The number of carbonyl (C=O) groups excluding carboxylic acids is 1. The molecule has 2 aromatic rings. The molecule has 2 aromatic heterocycles. The average molecular weight is 348 g/mol. The summed E-state index contributed by atoms with van der Waals surface area (Å²) in [6.07, 6.45) is 3.77. The van der Waals surface area contributed by atoms with Gasteiger partial charge in [0.1, 0.15) is 17.4 Å². The number of pyridine rings is 2. The van der Waals surface area contributed by atoms with Gasteiger partial charge in [0.2, 0.25) is 0 Å². The Labute approximate surface area is 144 Å². The molecular weight excluding hydrogens is 330 g/mol. The first-order chi connectivity index (χ1) is 11.6. The number of aromatic hydroxyl groups is 1. The van der Waals surface area contributed by atoms with Crippen LogP contribution in [-0.4, -0.2) is 52.2 Å². The van der Waals surface area contributed by atoms with Crippen molar-refractivity contribution in [3.8, 4) is 5.75 Å². The molecule has 1 aliphatic rings. The zero-order chi connectivity index (χ0) is 16.9. The Bertz CT molecular complexity index is 693. The Hall–Kier alpha value is -2.54. The lowest BCUT2D eigenvalue weighted by Gasteiger charge is -2.23. The van der Waals surface area contributed by atoms with Gasteiger partial charge in [-0.1, -0.05) is 11.6 Å². The molecule has 126 valence electrons. The van der Waals surface area contributed by atoms with Crippen molar-refractivity contribution >= 4 is 29.3 Å². The average Bonchev–Trinajstić information content (AvgIpc) is 2.84. The molecule has 2 N–H and O–H groups in total. The predicted octanol–water partition coefficient (Wildman–Crippen LogP) is 2.58. The van der Waals surface area contributed by atoms with Gasteiger partial charge in [0.15, 0.2) is 0 Å². The summed E-state index contributed by atoms with van der Waals surface area (Å²) < 4.78 is 0. The van der Waals surface area contributed by atoms with Gasteiger partial charge in [-0.25, -0.2) is 14.8 Å². The van der Waals surface area contributed by atoms with Crippen molar-refractivity contribution < 1.29 is 9.90 Å². The first-order valence-corrected chi connectivity index (χ1v) is 8.07. The molecule has 8 heteroatoms. The fourth-order valence-electron chi connectivity index (χ4n) is 2.55. The maximum absolute atomic E-state index is 12.4. The molecule has 0 saturated carbocycles. The fraction of sp³-hybridized carbons (Fsp3) is 0.312. The minimum absolute atomic E-state index is 0.0638. The topological polar surface area (TPSA) is 81.6 Å². The maximum Gasteiger partial charge on any atom is 0.323 e. The van der Waals surface area contributed by atoms with Crippen LogP contribution in [0.4, 0.5) is 16.4 Å². The Balaban J connectivity index is 1.59. The third-order valence-corrected chi connectivity index (χ3v) is 4.03. The molecular formula is C16H18ClN5O2. The van der Waals surface area contributed by atoms with E-state index in [0.717, 1.165) is 18.8 Å². The van der Waals surface area contributed by atoms with Gasteiger partial charge in [0.25, 0.3) is 0 Å². The van der Waals surface area contributed by atoms with Gasteiger partial charge in [-0.3, -0.25) is 5.32 Å². The van der Waals surface area contributed by atoms with Crippen molar-refractivity contribution in [3.05, 3.63) is 41.7 Å². The highest BCUT2D eigenvalue weighted by atomic mass is 35.5. The molecule has 1 fully saturated rings. The van der Waals surface area contributed by atoms with E-state index in [1.54, 1.807) is 17.2 Å². The number of carbonyl (C=O) groups is 1. The number of amides is 2. The highest BCUT2D eigenvalue weighted by Gasteiger charge is 2.20. The molecule has 3 rings (SSSR count). The number of urea groups is 1. The number of halogens is 1. The second kappa shape index (κ2) is 7.35. The van der Waals surface area contributed by atoms with Crippen LogP contribution in [0.15, 0.2) is 36.7 Å². The van der Waals surface area contributed by atoms with E-state index >= 15 is 0 Å². The molecule has 0 bridgehead atoms. The molecule has 1 saturated heterocycles. The standard InChI is InChI=1S/C16H18ClN5O2/c17-12-2-5-15(19-10-12)21-6-1-7-22(9-8-21)16(24)20-14-4-3-13(23)11-18-14/h2-5,10-11,23H,1,6-9H2,(H,18,20,24). The molecule has 1 aliphatic heterocycles. The first kappa shape index (κ1) is 16.3. The van der Waals surface area contributed by atoms with E-state index in [1.165, 1.54) is 12.3 Å². The zero-order valence-electron chi connectivity index (χ0n) is 13.0. The lowest BCUT2D eigenvalue weighted by atomic mass is 10.3. The molecule has 0 aromatic carbocycles. The van der Waals surface area contributed by atoms with E-state index in [-0.39, 0.29) is 11.8 Å². The maximum atomic E-state index is 12.4. The van der Waals surface area contributed by atoms with Crippen LogP contribution in [0.3, 0.4) is 0 Å². The lowest BCUT2D eigenvalue weighted by Crippen LogP contribution is -2.38. The Morgan fingerprint density at radius 2 is 1.96 bits per heavy atom. The molecule has 24 heavy (non-hydrogen) atoms. The minimum Gasteiger partial charge on any atom is -0.506 e. The first-order valence-electron chi connectivity index (χ1n) is 7.69. The fourth-order valence-corrected chi connectivity index (χ4v) is 2.67. The van der Waals surface area contributed by atoms with Crippen molar-refractivity contribution in [1.29, 1.82) is 0 Å². The van der Waals surface area contributed by atoms with Gasteiger partial charge >= 0.3 is 6.03 Å². The summed E-state index contributed by atoms with van der Waals surface area (Å²) >= 11 is 5.87. The number of nitrogens with zero attached hydrogens (tertiary/aromatic N) is 4. The summed E-state index contributed by atoms with van der Waals surface area (Å²) in [5, 5.41) is 12.6. The summed E-state index contributed by atoms with van der Waals surface area (Å²) in [7, 11) is 0. The Kier molecular flexibility index (Phi) is 5.00. The largest absolute Gasteiger partial charge is 0.506 e. The van der Waals surface area contributed by atoms with Gasteiger partial charge in [0.05, 0.1) is 11.2 Å². The third kappa shape index (κ3) is 4.05. The van der Waals surface area contributed by atoms with Crippen LogP contribution in [0, 0.1) is 0 Å². The zero-order valence-corrected chi connectivity index (χ0v) is 13.8. The van der Waals surface area contributed by atoms with E-state index in [1.807, 2.05) is 12.1 Å². The van der Waals surface area contributed by atoms with Crippen LogP contribution in [0.1, 0.15) is 6.42 Å². The summed E-state index contributed by atoms with van der Waals surface area (Å²) in [5.74, 6) is 1.34. The monoisotopic (exact) mass is 347 g/mol. The molecule has 0 unspecified atom stereocenters. The van der Waals surface area contributed by atoms with E-state index in [2.05, 4.69) is 20.2 Å². The molecule has 0 spiro atoms. The van der Waals surface area contributed by atoms with Gasteiger partial charge in [-0.2, -0.15) is 0 Å². The van der Waals surface area contributed by atoms with E-state index in [4.69, 9.17) is 11.6 Å². The number of anilines is 2. The van der Waals surface area contributed by atoms with Gasteiger partial charge < -0.3 is 14.9 Å². The van der Waals surface area contributed by atoms with Gasteiger partial charge in [-0.15, -0.1) is 0 Å². The van der Waals surface area contributed by atoms with E-state index in [0.29, 0.717) is 30.5 Å². The molecule has 0 atom stereocenters. The van der Waals surface area contributed by atoms with Crippen LogP contribution in [0.2, 0.25) is 5.02 Å². The van der Waals surface area contributed by atoms with Crippen LogP contribution in [0.5, 0.6) is 5.75 Å². The quantitative estimate of drug-likeness (QED) is 0.872. The van der Waals surface area contributed by atoms with Crippen molar-refractivity contribution in [2.24, 2.45) is 0 Å². The minimum atomic E-state index is -0.195. The van der Waals surface area contributed by atoms with Gasteiger partial charge in [0, 0.05) is 32.4 Å². The SMILES string of the molecule is O=C(Nc1ccc(O)cn1)N1CCCN(c2ccc(Cl)cn2)CC1. The Morgan fingerprint density at radius 3 is 2.67 bits per heavy atom. The van der Waals surface area contributed by atoms with Crippen LogP contribution < -0.4 is 10.2 Å². The second-order valence-corrected chi connectivity index (χ2v) is 5.93. The summed E-state index contributed by atoms with van der Waals surface area (Å²) in [6.45, 7) is 2.78. The van der Waals surface area contributed by atoms with E-state index in [9.17, 15) is 9.90 Å². The van der Waals surface area contributed by atoms with Crippen LogP contribution in [-0.2, 0) is 0 Å². The molecule has 7 nitrogen and oxygen atoms in total. The normalized spacial score (nSPS) is 15.0. The van der Waals surface area contributed by atoms with Crippen LogP contribution >= 0.6 is 11.6 Å². The lowest BCUT2D eigenvalue weighted by molar-refractivity contribution is 0.215. The number of hydrogen-bond acceptors (Lipinski definition) is 5. The molecule has 0 radical (unpaired) electrons. The van der Waals surface area contributed by atoms with Gasteiger partial charge in [-0.05, 0) is 30.7 Å². The van der Waals surface area contributed by atoms with Crippen molar-refractivity contribution in [2.75, 3.05) is 36.4 Å². The summed E-state index contributed by atoms with van der Waals surface area (Å²) in [5.41, 5.74) is 0. The Morgan fingerprint density at radius 1 is 1.08 bits per heavy atom. The summed E-state index contributed by atoms with van der Waals surface area (Å²) in [4.78, 5) is 24.5. The molecule has 2 amide bonds. The molecule has 0 aliphatic carbocycles. The highest BCUT2D eigenvalue weighted by Crippen LogP contribution is 2.17. The predicted molar refractivity (Wildman–Crippen MR) is 92.6 cm³/mol. The van der Waals surface area contributed by atoms with Crippen LogP contribution in [0.25, 0.3) is 0 Å². The van der Waals surface area contributed by atoms with Crippen molar-refractivity contribution in [1.82, 2.24) is 14.9 Å². The molecule has 3 heterocycles. The number of hydrogen-bond donors (Lipinski definition) is 2. The number of aromatic nitrogens is 2. The number of nitrogens with one attached hydrogen (secondary N) is 1.